The topological polar surface area (TPSA) is 45.5 Å². The Morgan fingerprint density at radius 2 is 2.33 bits per heavy atom. The quantitative estimate of drug-likeness (QED) is 0.812. The summed E-state index contributed by atoms with van der Waals surface area (Å²) in [6.07, 6.45) is 1.71. The van der Waals surface area contributed by atoms with E-state index in [0.717, 1.165) is 0 Å². The Bertz CT molecular complexity index is 383. The van der Waals surface area contributed by atoms with E-state index in [1.165, 1.54) is 0 Å². The second-order valence-corrected chi connectivity index (χ2v) is 4.35. The van der Waals surface area contributed by atoms with E-state index in [1.807, 2.05) is 0 Å². The summed E-state index contributed by atoms with van der Waals surface area (Å²) in [4.78, 5) is 13.6. The summed E-state index contributed by atoms with van der Waals surface area (Å²) in [7, 11) is 1.79. The molecule has 1 amide bonds. The maximum atomic E-state index is 11.9. The van der Waals surface area contributed by atoms with Crippen LogP contribution in [0.25, 0.3) is 0 Å². The molecule has 0 spiro atoms. The summed E-state index contributed by atoms with van der Waals surface area (Å²) in [5, 5.41) is 9.42. The number of aryl methyl sites for hydroxylation is 1. The molecule has 2 heterocycles. The molecule has 0 atom stereocenters. The lowest BCUT2D eigenvalue weighted by molar-refractivity contribution is 0.0353. The van der Waals surface area contributed by atoms with Crippen molar-refractivity contribution in [1.82, 2.24) is 9.47 Å². The van der Waals surface area contributed by atoms with Gasteiger partial charge in [-0.25, -0.2) is 0 Å². The lowest BCUT2D eigenvalue weighted by Gasteiger charge is -2.38. The molecule has 1 fully saturated rings. The highest BCUT2D eigenvalue weighted by Crippen LogP contribution is 2.20. The van der Waals surface area contributed by atoms with Gasteiger partial charge in [0.1, 0.15) is 5.69 Å². The van der Waals surface area contributed by atoms with Crippen molar-refractivity contribution in [2.24, 2.45) is 13.0 Å². The minimum absolute atomic E-state index is 0.0194. The Hall–Kier alpha value is -1.00. The molecule has 1 saturated heterocycles. The number of aliphatic hydroxyl groups excluding tert-OH is 1. The van der Waals surface area contributed by atoms with Gasteiger partial charge in [-0.2, -0.15) is 0 Å². The monoisotopic (exact) mass is 228 g/mol. The largest absolute Gasteiger partial charge is 0.396 e. The standard InChI is InChI=1S/C10H13ClN2O2/c1-12-5-8(11)2-9(12)10(15)13-3-7(4-13)6-14/h2,5,7,14H,3-4,6H2,1H3. The highest BCUT2D eigenvalue weighted by molar-refractivity contribution is 6.31. The molecule has 1 aromatic heterocycles. The summed E-state index contributed by atoms with van der Waals surface area (Å²) in [5.41, 5.74) is 0.594. The fraction of sp³-hybridized carbons (Fsp3) is 0.500. The SMILES string of the molecule is Cn1cc(Cl)cc1C(=O)N1CC(CO)C1. The van der Waals surface area contributed by atoms with Crippen LogP contribution < -0.4 is 0 Å². The molecule has 0 bridgehead atoms. The first-order chi connectivity index (χ1) is 7.11. The van der Waals surface area contributed by atoms with Crippen molar-refractivity contribution in [2.75, 3.05) is 19.7 Å². The first-order valence-corrected chi connectivity index (χ1v) is 5.21. The van der Waals surface area contributed by atoms with Gasteiger partial charge in [-0.3, -0.25) is 4.79 Å². The molecule has 1 aromatic rings. The van der Waals surface area contributed by atoms with Gasteiger partial charge in [0.25, 0.3) is 5.91 Å². The van der Waals surface area contributed by atoms with E-state index in [9.17, 15) is 4.79 Å². The maximum Gasteiger partial charge on any atom is 0.270 e. The van der Waals surface area contributed by atoms with Crippen LogP contribution in [0.5, 0.6) is 0 Å². The zero-order valence-electron chi connectivity index (χ0n) is 8.48. The van der Waals surface area contributed by atoms with E-state index in [2.05, 4.69) is 0 Å². The molecule has 0 unspecified atom stereocenters. The number of carbonyl (C=O) groups is 1. The van der Waals surface area contributed by atoms with Gasteiger partial charge in [0.05, 0.1) is 5.02 Å². The van der Waals surface area contributed by atoms with Crippen LogP contribution in [0.2, 0.25) is 5.02 Å². The molecule has 0 saturated carbocycles. The Balaban J connectivity index is 2.06. The minimum Gasteiger partial charge on any atom is -0.396 e. The van der Waals surface area contributed by atoms with Crippen LogP contribution in [0.1, 0.15) is 10.5 Å². The number of likely N-dealkylation sites (tertiary alicyclic amines) is 1. The van der Waals surface area contributed by atoms with Gasteiger partial charge >= 0.3 is 0 Å². The van der Waals surface area contributed by atoms with Gasteiger partial charge in [0.15, 0.2) is 0 Å². The summed E-state index contributed by atoms with van der Waals surface area (Å²) in [6.45, 7) is 1.42. The van der Waals surface area contributed by atoms with Crippen LogP contribution in [-0.2, 0) is 7.05 Å². The molecule has 0 aromatic carbocycles. The average molecular weight is 229 g/mol. The second-order valence-electron chi connectivity index (χ2n) is 3.91. The zero-order chi connectivity index (χ0) is 11.0. The number of hydrogen-bond acceptors (Lipinski definition) is 2. The highest BCUT2D eigenvalue weighted by atomic mass is 35.5. The van der Waals surface area contributed by atoms with Crippen molar-refractivity contribution in [2.45, 2.75) is 0 Å². The Morgan fingerprint density at radius 3 is 2.80 bits per heavy atom. The first kappa shape index (κ1) is 10.5. The van der Waals surface area contributed by atoms with E-state index >= 15 is 0 Å². The third-order valence-corrected chi connectivity index (χ3v) is 2.90. The number of halogens is 1. The summed E-state index contributed by atoms with van der Waals surface area (Å²) < 4.78 is 1.72. The van der Waals surface area contributed by atoms with Crippen LogP contribution in [0.15, 0.2) is 12.3 Å². The second kappa shape index (κ2) is 3.87. The predicted octanol–water partition coefficient (Wildman–Crippen LogP) is 0.743. The normalized spacial score (nSPS) is 16.6. The van der Waals surface area contributed by atoms with E-state index in [4.69, 9.17) is 16.7 Å². The molecule has 0 radical (unpaired) electrons. The molecule has 1 N–H and O–H groups in total. The lowest BCUT2D eigenvalue weighted by atomic mass is 10.0. The minimum atomic E-state index is -0.0194. The molecule has 82 valence electrons. The van der Waals surface area contributed by atoms with Crippen molar-refractivity contribution < 1.29 is 9.90 Å². The van der Waals surface area contributed by atoms with Gasteiger partial charge < -0.3 is 14.6 Å². The maximum absolute atomic E-state index is 11.9. The van der Waals surface area contributed by atoms with E-state index in [1.54, 1.807) is 28.8 Å². The number of carbonyl (C=O) groups excluding carboxylic acids is 1. The lowest BCUT2D eigenvalue weighted by Crippen LogP contribution is -2.51. The van der Waals surface area contributed by atoms with Crippen LogP contribution >= 0.6 is 11.6 Å². The first-order valence-electron chi connectivity index (χ1n) is 4.84. The fourth-order valence-corrected chi connectivity index (χ4v) is 2.00. The van der Waals surface area contributed by atoms with Gasteiger partial charge in [0.2, 0.25) is 0 Å². The van der Waals surface area contributed by atoms with Crippen LogP contribution in [-0.4, -0.2) is 40.2 Å². The van der Waals surface area contributed by atoms with Crippen molar-refractivity contribution in [3.8, 4) is 0 Å². The van der Waals surface area contributed by atoms with Crippen LogP contribution in [0.3, 0.4) is 0 Å². The van der Waals surface area contributed by atoms with Crippen LogP contribution in [0, 0.1) is 5.92 Å². The molecule has 15 heavy (non-hydrogen) atoms. The third kappa shape index (κ3) is 1.87. The summed E-state index contributed by atoms with van der Waals surface area (Å²) >= 11 is 5.80. The van der Waals surface area contributed by atoms with Crippen LogP contribution in [0.4, 0.5) is 0 Å². The molecule has 1 aliphatic heterocycles. The predicted molar refractivity (Wildman–Crippen MR) is 56.9 cm³/mol. The number of aromatic nitrogens is 1. The molecular weight excluding hydrogens is 216 g/mol. The number of hydrogen-bond donors (Lipinski definition) is 1. The fourth-order valence-electron chi connectivity index (χ4n) is 1.75. The van der Waals surface area contributed by atoms with E-state index in [0.29, 0.717) is 23.8 Å². The summed E-state index contributed by atoms with van der Waals surface area (Å²) in [5.74, 6) is 0.221. The van der Waals surface area contributed by atoms with Crippen molar-refractivity contribution in [1.29, 1.82) is 0 Å². The van der Waals surface area contributed by atoms with Gasteiger partial charge in [0, 0.05) is 38.9 Å². The smallest absolute Gasteiger partial charge is 0.270 e. The molecule has 1 aliphatic rings. The zero-order valence-corrected chi connectivity index (χ0v) is 9.24. The molecule has 2 rings (SSSR count). The van der Waals surface area contributed by atoms with Gasteiger partial charge in [-0.15, -0.1) is 0 Å². The van der Waals surface area contributed by atoms with Crippen molar-refractivity contribution >= 4 is 17.5 Å². The van der Waals surface area contributed by atoms with E-state index in [-0.39, 0.29) is 18.4 Å². The average Bonchev–Trinajstić information content (AvgIpc) is 2.43. The number of amides is 1. The Kier molecular flexibility index (Phi) is 2.71. The van der Waals surface area contributed by atoms with Crippen molar-refractivity contribution in [3.63, 3.8) is 0 Å². The molecule has 4 nitrogen and oxygen atoms in total. The highest BCUT2D eigenvalue weighted by Gasteiger charge is 2.31. The molecule has 5 heteroatoms. The molecular formula is C10H13ClN2O2. The summed E-state index contributed by atoms with van der Waals surface area (Å²) in [6, 6.07) is 1.66. The number of nitrogens with zero attached hydrogens (tertiary/aromatic N) is 2. The van der Waals surface area contributed by atoms with Crippen molar-refractivity contribution in [3.05, 3.63) is 23.0 Å². The number of aliphatic hydroxyl groups is 1. The molecule has 0 aliphatic carbocycles. The van der Waals surface area contributed by atoms with Gasteiger partial charge in [-0.05, 0) is 6.07 Å². The third-order valence-electron chi connectivity index (χ3n) is 2.69. The van der Waals surface area contributed by atoms with Gasteiger partial charge in [-0.1, -0.05) is 11.6 Å². The Morgan fingerprint density at radius 1 is 1.67 bits per heavy atom. The Labute approximate surface area is 93.1 Å². The number of rotatable bonds is 2. The van der Waals surface area contributed by atoms with E-state index < -0.39 is 0 Å².